The highest BCUT2D eigenvalue weighted by Crippen LogP contribution is 2.22. The minimum Gasteiger partial charge on any atom is -0.315 e. The van der Waals surface area contributed by atoms with Crippen molar-refractivity contribution >= 4 is 0 Å². The molecule has 2 heterocycles. The van der Waals surface area contributed by atoms with Crippen LogP contribution >= 0.6 is 0 Å². The molecule has 1 N–H and O–H groups in total. The van der Waals surface area contributed by atoms with Gasteiger partial charge in [0.15, 0.2) is 0 Å². The average Bonchev–Trinajstić information content (AvgIpc) is 2.31. The minimum absolute atomic E-state index is 0.184. The maximum absolute atomic E-state index is 13.2. The quantitative estimate of drug-likeness (QED) is 0.879. The number of hydrogen-bond acceptors (Lipinski definition) is 3. The van der Waals surface area contributed by atoms with E-state index in [1.54, 1.807) is 19.2 Å². The van der Waals surface area contributed by atoms with E-state index in [2.05, 4.69) is 15.3 Å². The lowest BCUT2D eigenvalue weighted by molar-refractivity contribution is 0.430. The smallest absolute Gasteiger partial charge is 0.134 e. The molecule has 0 spiro atoms. The maximum Gasteiger partial charge on any atom is 0.134 e. The predicted molar refractivity (Wildman–Crippen MR) is 67.8 cm³/mol. The zero-order valence-corrected chi connectivity index (χ0v) is 10.2. The third-order valence-electron chi connectivity index (χ3n) is 3.27. The summed E-state index contributed by atoms with van der Waals surface area (Å²) in [7, 11) is 0. The standard InChI is InChI=1S/C14H14FN3/c1-9-6-10(2-3-12(9)15)13-4-5-17-14(18-13)11-7-16-8-11/h2-6,11,16H,7-8H2,1H3. The number of nitrogens with zero attached hydrogens (tertiary/aromatic N) is 2. The lowest BCUT2D eigenvalue weighted by Crippen LogP contribution is -2.40. The number of aryl methyl sites for hydroxylation is 1. The second kappa shape index (κ2) is 4.46. The summed E-state index contributed by atoms with van der Waals surface area (Å²) in [6, 6.07) is 6.92. The molecule has 1 aromatic heterocycles. The number of benzene rings is 1. The van der Waals surface area contributed by atoms with Crippen LogP contribution < -0.4 is 5.32 Å². The second-order valence-corrected chi connectivity index (χ2v) is 4.62. The van der Waals surface area contributed by atoms with Crippen LogP contribution in [0.2, 0.25) is 0 Å². The molecule has 0 aliphatic carbocycles. The summed E-state index contributed by atoms with van der Waals surface area (Å²) in [6.07, 6.45) is 1.77. The Morgan fingerprint density at radius 3 is 2.78 bits per heavy atom. The van der Waals surface area contributed by atoms with Gasteiger partial charge in [0, 0.05) is 30.8 Å². The molecule has 3 rings (SSSR count). The lowest BCUT2D eigenvalue weighted by Gasteiger charge is -2.25. The monoisotopic (exact) mass is 243 g/mol. The molecule has 2 aromatic rings. The molecule has 0 atom stereocenters. The Labute approximate surface area is 105 Å². The van der Waals surface area contributed by atoms with Crippen LogP contribution in [0.4, 0.5) is 4.39 Å². The van der Waals surface area contributed by atoms with Crippen molar-refractivity contribution in [2.24, 2.45) is 0 Å². The van der Waals surface area contributed by atoms with Crippen molar-refractivity contribution in [3.8, 4) is 11.3 Å². The Bertz CT molecular complexity index is 579. The number of rotatable bonds is 2. The first-order valence-electron chi connectivity index (χ1n) is 6.04. The van der Waals surface area contributed by atoms with Crippen molar-refractivity contribution in [3.05, 3.63) is 47.7 Å². The van der Waals surface area contributed by atoms with Gasteiger partial charge in [-0.1, -0.05) is 0 Å². The number of nitrogens with one attached hydrogen (secondary N) is 1. The van der Waals surface area contributed by atoms with Crippen LogP contribution in [0, 0.1) is 12.7 Å². The largest absolute Gasteiger partial charge is 0.315 e. The van der Waals surface area contributed by atoms with Crippen molar-refractivity contribution in [1.29, 1.82) is 0 Å². The summed E-state index contributed by atoms with van der Waals surface area (Å²) in [6.45, 7) is 3.63. The minimum atomic E-state index is -0.184. The summed E-state index contributed by atoms with van der Waals surface area (Å²) in [4.78, 5) is 8.86. The molecule has 92 valence electrons. The van der Waals surface area contributed by atoms with Crippen LogP contribution in [-0.2, 0) is 0 Å². The Kier molecular flexibility index (Phi) is 2.80. The van der Waals surface area contributed by atoms with Gasteiger partial charge in [0.05, 0.1) is 5.69 Å². The van der Waals surface area contributed by atoms with E-state index in [9.17, 15) is 4.39 Å². The van der Waals surface area contributed by atoms with Crippen molar-refractivity contribution in [2.45, 2.75) is 12.8 Å². The van der Waals surface area contributed by atoms with Crippen LogP contribution in [-0.4, -0.2) is 23.1 Å². The summed E-state index contributed by atoms with van der Waals surface area (Å²) in [5.74, 6) is 1.09. The van der Waals surface area contributed by atoms with Crippen molar-refractivity contribution < 1.29 is 4.39 Å². The average molecular weight is 243 g/mol. The van der Waals surface area contributed by atoms with E-state index in [4.69, 9.17) is 0 Å². The van der Waals surface area contributed by atoms with Gasteiger partial charge in [-0.3, -0.25) is 0 Å². The molecule has 0 radical (unpaired) electrons. The van der Waals surface area contributed by atoms with Gasteiger partial charge in [0.2, 0.25) is 0 Å². The van der Waals surface area contributed by atoms with Crippen LogP contribution in [0.15, 0.2) is 30.5 Å². The summed E-state index contributed by atoms with van der Waals surface area (Å²) in [5, 5.41) is 3.21. The van der Waals surface area contributed by atoms with Gasteiger partial charge >= 0.3 is 0 Å². The molecule has 18 heavy (non-hydrogen) atoms. The van der Waals surface area contributed by atoms with Crippen molar-refractivity contribution in [3.63, 3.8) is 0 Å². The van der Waals surface area contributed by atoms with Gasteiger partial charge in [0.25, 0.3) is 0 Å². The lowest BCUT2D eigenvalue weighted by atomic mass is 10.0. The van der Waals surface area contributed by atoms with Crippen molar-refractivity contribution in [1.82, 2.24) is 15.3 Å². The van der Waals surface area contributed by atoms with Gasteiger partial charge in [-0.15, -0.1) is 0 Å². The zero-order valence-electron chi connectivity index (χ0n) is 10.2. The molecule has 4 heteroatoms. The van der Waals surface area contributed by atoms with Gasteiger partial charge in [-0.2, -0.15) is 0 Å². The van der Waals surface area contributed by atoms with E-state index >= 15 is 0 Å². The first-order valence-corrected chi connectivity index (χ1v) is 6.04. The van der Waals surface area contributed by atoms with Gasteiger partial charge in [-0.05, 0) is 36.8 Å². The molecular weight excluding hydrogens is 229 g/mol. The van der Waals surface area contributed by atoms with Gasteiger partial charge in [0.1, 0.15) is 11.6 Å². The molecular formula is C14H14FN3. The molecule has 0 unspecified atom stereocenters. The molecule has 1 fully saturated rings. The highest BCUT2D eigenvalue weighted by Gasteiger charge is 2.21. The summed E-state index contributed by atoms with van der Waals surface area (Å²) >= 11 is 0. The van der Waals surface area contributed by atoms with E-state index in [-0.39, 0.29) is 5.82 Å². The van der Waals surface area contributed by atoms with Crippen LogP contribution in [0.5, 0.6) is 0 Å². The first kappa shape index (κ1) is 11.3. The Morgan fingerprint density at radius 2 is 2.11 bits per heavy atom. The fourth-order valence-corrected chi connectivity index (χ4v) is 2.01. The van der Waals surface area contributed by atoms with Crippen LogP contribution in [0.1, 0.15) is 17.3 Å². The zero-order chi connectivity index (χ0) is 12.5. The molecule has 0 bridgehead atoms. The Balaban J connectivity index is 1.97. The second-order valence-electron chi connectivity index (χ2n) is 4.62. The maximum atomic E-state index is 13.2. The predicted octanol–water partition coefficient (Wildman–Crippen LogP) is 2.28. The van der Waals surface area contributed by atoms with Gasteiger partial charge < -0.3 is 5.32 Å². The molecule has 3 nitrogen and oxygen atoms in total. The highest BCUT2D eigenvalue weighted by atomic mass is 19.1. The van der Waals surface area contributed by atoms with Gasteiger partial charge in [-0.25, -0.2) is 14.4 Å². The number of aromatic nitrogens is 2. The van der Waals surface area contributed by atoms with E-state index in [0.717, 1.165) is 30.2 Å². The molecule has 0 amide bonds. The van der Waals surface area contributed by atoms with Crippen LogP contribution in [0.3, 0.4) is 0 Å². The molecule has 1 aliphatic heterocycles. The van der Waals surface area contributed by atoms with E-state index in [1.165, 1.54) is 6.07 Å². The molecule has 0 saturated carbocycles. The Hall–Kier alpha value is -1.81. The number of hydrogen-bond donors (Lipinski definition) is 1. The SMILES string of the molecule is Cc1cc(-c2ccnc(C3CNC3)n2)ccc1F. The third kappa shape index (κ3) is 1.99. The van der Waals surface area contributed by atoms with E-state index in [0.29, 0.717) is 11.5 Å². The summed E-state index contributed by atoms with van der Waals surface area (Å²) in [5.41, 5.74) is 2.43. The summed E-state index contributed by atoms with van der Waals surface area (Å²) < 4.78 is 13.2. The molecule has 1 aromatic carbocycles. The third-order valence-corrected chi connectivity index (χ3v) is 3.27. The fourth-order valence-electron chi connectivity index (χ4n) is 2.01. The highest BCUT2D eigenvalue weighted by molar-refractivity contribution is 5.59. The topological polar surface area (TPSA) is 37.8 Å². The first-order chi connectivity index (χ1) is 8.74. The van der Waals surface area contributed by atoms with Crippen molar-refractivity contribution in [2.75, 3.05) is 13.1 Å². The molecule has 1 saturated heterocycles. The normalized spacial score (nSPS) is 15.4. The number of halogens is 1. The van der Waals surface area contributed by atoms with E-state index in [1.807, 2.05) is 12.1 Å². The van der Waals surface area contributed by atoms with E-state index < -0.39 is 0 Å². The van der Waals surface area contributed by atoms with Crippen LogP contribution in [0.25, 0.3) is 11.3 Å². The fraction of sp³-hybridized carbons (Fsp3) is 0.286. The molecule has 1 aliphatic rings. The Morgan fingerprint density at radius 1 is 1.28 bits per heavy atom.